The lowest BCUT2D eigenvalue weighted by Gasteiger charge is -2.13. The van der Waals surface area contributed by atoms with E-state index in [1.807, 2.05) is 4.72 Å². The van der Waals surface area contributed by atoms with Crippen LogP contribution in [0.3, 0.4) is 0 Å². The molecule has 0 aliphatic carbocycles. The van der Waals surface area contributed by atoms with Gasteiger partial charge in [0.1, 0.15) is 6.26 Å². The van der Waals surface area contributed by atoms with Crippen molar-refractivity contribution >= 4 is 22.0 Å². The van der Waals surface area contributed by atoms with Gasteiger partial charge in [0, 0.05) is 19.3 Å². The summed E-state index contributed by atoms with van der Waals surface area (Å²) in [6.45, 7) is 0. The molecule has 2 aromatic rings. The summed E-state index contributed by atoms with van der Waals surface area (Å²) in [5, 5.41) is 12.4. The molecule has 0 bridgehead atoms. The quantitative estimate of drug-likeness (QED) is 0.693. The van der Waals surface area contributed by atoms with Gasteiger partial charge in [-0.25, -0.2) is 13.2 Å². The highest BCUT2D eigenvalue weighted by atomic mass is 32.2. The van der Waals surface area contributed by atoms with E-state index in [4.69, 9.17) is 4.42 Å². The summed E-state index contributed by atoms with van der Waals surface area (Å²) in [7, 11) is -1.71. The topological polar surface area (TPSA) is 141 Å². The molecule has 0 radical (unpaired) electrons. The molecule has 0 fully saturated rings. The number of methoxy groups -OCH3 is 1. The monoisotopic (exact) mass is 343 g/mol. The van der Waals surface area contributed by atoms with Gasteiger partial charge < -0.3 is 14.3 Å². The Kier molecular flexibility index (Phi) is 4.52. The van der Waals surface area contributed by atoms with Crippen LogP contribution >= 0.6 is 0 Å². The Morgan fingerprint density at radius 2 is 2.17 bits per heavy atom. The molecule has 0 aliphatic rings. The molecule has 2 aromatic heterocycles. The second-order valence-corrected chi connectivity index (χ2v) is 6.06. The Bertz CT molecular complexity index is 836. The van der Waals surface area contributed by atoms with Crippen LogP contribution in [0, 0.1) is 0 Å². The van der Waals surface area contributed by atoms with Gasteiger partial charge in [-0.2, -0.15) is 9.82 Å². The van der Waals surface area contributed by atoms with Crippen LogP contribution in [0.25, 0.3) is 0 Å². The summed E-state index contributed by atoms with van der Waals surface area (Å²) in [5.74, 6) is -2.20. The average molecular weight is 343 g/mol. The van der Waals surface area contributed by atoms with Gasteiger partial charge in [0.05, 0.1) is 18.4 Å². The second kappa shape index (κ2) is 6.22. The molecule has 1 atom stereocenters. The number of carbonyl (C=O) groups excluding carboxylic acids is 1. The molecule has 10 nitrogen and oxygen atoms in total. The third kappa shape index (κ3) is 3.40. The van der Waals surface area contributed by atoms with Crippen molar-refractivity contribution in [2.45, 2.75) is 11.1 Å². The molecule has 11 heteroatoms. The van der Waals surface area contributed by atoms with Crippen molar-refractivity contribution < 1.29 is 32.3 Å². The third-order valence-electron chi connectivity index (χ3n) is 2.94. The number of nitrogens with one attached hydrogen (secondary N) is 1. The molecule has 2 heterocycles. The zero-order chi connectivity index (χ0) is 17.2. The summed E-state index contributed by atoms with van der Waals surface area (Å²) >= 11 is 0. The zero-order valence-electron chi connectivity index (χ0n) is 12.1. The van der Waals surface area contributed by atoms with Gasteiger partial charge in [0.15, 0.2) is 6.04 Å². The van der Waals surface area contributed by atoms with Crippen molar-refractivity contribution in [2.75, 3.05) is 7.11 Å². The highest BCUT2D eigenvalue weighted by Crippen LogP contribution is 2.19. The summed E-state index contributed by atoms with van der Waals surface area (Å²) in [5.41, 5.74) is 0.0149. The SMILES string of the molecule is COC(=O)c1coc(S(=O)(=O)NC(C(=O)O)c2ccnn2C)c1. The van der Waals surface area contributed by atoms with Crippen LogP contribution in [0.4, 0.5) is 0 Å². The van der Waals surface area contributed by atoms with Crippen LogP contribution in [0.2, 0.25) is 0 Å². The van der Waals surface area contributed by atoms with Gasteiger partial charge in [-0.3, -0.25) is 9.48 Å². The Hall–Kier alpha value is -2.66. The number of hydrogen-bond donors (Lipinski definition) is 2. The van der Waals surface area contributed by atoms with E-state index < -0.39 is 33.1 Å². The van der Waals surface area contributed by atoms with Crippen LogP contribution in [0.15, 0.2) is 34.1 Å². The first-order chi connectivity index (χ1) is 10.8. The molecule has 0 aliphatic heterocycles. The molecule has 0 saturated carbocycles. The van der Waals surface area contributed by atoms with Crippen molar-refractivity contribution in [3.8, 4) is 0 Å². The maximum absolute atomic E-state index is 12.2. The number of sulfonamides is 1. The molecule has 0 spiro atoms. The minimum absolute atomic E-state index is 0.111. The normalized spacial score (nSPS) is 12.8. The summed E-state index contributed by atoms with van der Waals surface area (Å²) in [6.07, 6.45) is 2.24. The van der Waals surface area contributed by atoms with Crippen LogP contribution in [0.1, 0.15) is 22.1 Å². The van der Waals surface area contributed by atoms with E-state index in [1.54, 1.807) is 0 Å². The maximum Gasteiger partial charge on any atom is 0.341 e. The molecule has 2 N–H and O–H groups in total. The minimum atomic E-state index is -4.31. The van der Waals surface area contributed by atoms with Gasteiger partial charge in [0.25, 0.3) is 10.0 Å². The van der Waals surface area contributed by atoms with Crippen LogP contribution < -0.4 is 4.72 Å². The molecule has 2 rings (SSSR count). The lowest BCUT2D eigenvalue weighted by Crippen LogP contribution is -2.34. The Morgan fingerprint density at radius 1 is 1.48 bits per heavy atom. The molecular formula is C12H13N3O7S. The number of carboxylic acids is 1. The predicted octanol–water partition coefficient (Wildman–Crippen LogP) is -0.0961. The molecule has 1 unspecified atom stereocenters. The van der Waals surface area contributed by atoms with Gasteiger partial charge in [-0.05, 0) is 6.07 Å². The number of furan rings is 1. The molecular weight excluding hydrogens is 330 g/mol. The van der Waals surface area contributed by atoms with Crippen molar-refractivity contribution in [2.24, 2.45) is 7.05 Å². The summed E-state index contributed by atoms with van der Waals surface area (Å²) in [6, 6.07) is 0.735. The fraction of sp³-hybridized carbons (Fsp3) is 0.250. The first-order valence-electron chi connectivity index (χ1n) is 6.16. The van der Waals surface area contributed by atoms with Crippen molar-refractivity contribution in [3.63, 3.8) is 0 Å². The summed E-state index contributed by atoms with van der Waals surface area (Å²) < 4.78 is 36.9. The minimum Gasteiger partial charge on any atom is -0.480 e. The Morgan fingerprint density at radius 3 is 2.70 bits per heavy atom. The molecule has 0 amide bonds. The van der Waals surface area contributed by atoms with E-state index >= 15 is 0 Å². The van der Waals surface area contributed by atoms with Gasteiger partial charge in [0.2, 0.25) is 5.09 Å². The first-order valence-corrected chi connectivity index (χ1v) is 7.64. The summed E-state index contributed by atoms with van der Waals surface area (Å²) in [4.78, 5) is 22.7. The largest absolute Gasteiger partial charge is 0.480 e. The maximum atomic E-state index is 12.2. The van der Waals surface area contributed by atoms with Crippen molar-refractivity contribution in [3.05, 3.63) is 35.9 Å². The van der Waals surface area contributed by atoms with E-state index in [1.165, 1.54) is 24.0 Å². The standard InChI is InChI=1S/C12H13N3O7S/c1-15-8(3-4-13-15)10(11(16)17)14-23(19,20)9-5-7(6-22-9)12(18)21-2/h3-6,10,14H,1-2H3,(H,16,17). The number of ether oxygens (including phenoxy) is 1. The first kappa shape index (κ1) is 16.7. The van der Waals surface area contributed by atoms with E-state index in [0.717, 1.165) is 19.4 Å². The van der Waals surface area contributed by atoms with Crippen LogP contribution in [-0.2, 0) is 26.6 Å². The van der Waals surface area contributed by atoms with Gasteiger partial charge in [-0.15, -0.1) is 0 Å². The van der Waals surface area contributed by atoms with E-state index in [9.17, 15) is 23.1 Å². The highest BCUT2D eigenvalue weighted by Gasteiger charge is 2.31. The van der Waals surface area contributed by atoms with E-state index in [-0.39, 0.29) is 11.3 Å². The van der Waals surface area contributed by atoms with Crippen LogP contribution in [0.5, 0.6) is 0 Å². The lowest BCUT2D eigenvalue weighted by atomic mass is 10.2. The lowest BCUT2D eigenvalue weighted by molar-refractivity contribution is -0.139. The second-order valence-electron chi connectivity index (χ2n) is 4.42. The van der Waals surface area contributed by atoms with Crippen molar-refractivity contribution in [1.29, 1.82) is 0 Å². The van der Waals surface area contributed by atoms with Gasteiger partial charge >= 0.3 is 11.9 Å². The van der Waals surface area contributed by atoms with E-state index in [0.29, 0.717) is 0 Å². The molecule has 124 valence electrons. The number of hydrogen-bond acceptors (Lipinski definition) is 7. The zero-order valence-corrected chi connectivity index (χ0v) is 12.9. The number of carboxylic acid groups (broad SMARTS) is 1. The van der Waals surface area contributed by atoms with Crippen LogP contribution in [-0.4, -0.2) is 42.4 Å². The number of esters is 1. The molecule has 23 heavy (non-hydrogen) atoms. The smallest absolute Gasteiger partial charge is 0.341 e. The number of carbonyl (C=O) groups is 2. The number of rotatable bonds is 6. The fourth-order valence-corrected chi connectivity index (χ4v) is 2.91. The Labute approximate surface area is 130 Å². The van der Waals surface area contributed by atoms with E-state index in [2.05, 4.69) is 9.84 Å². The third-order valence-corrected chi connectivity index (χ3v) is 4.23. The molecule has 0 saturated heterocycles. The fourth-order valence-electron chi connectivity index (χ4n) is 1.80. The highest BCUT2D eigenvalue weighted by molar-refractivity contribution is 7.89. The number of nitrogens with zero attached hydrogens (tertiary/aromatic N) is 2. The average Bonchev–Trinajstić information content (AvgIpc) is 3.13. The number of aryl methyl sites for hydroxylation is 1. The number of aromatic nitrogens is 2. The van der Waals surface area contributed by atoms with Gasteiger partial charge in [-0.1, -0.05) is 0 Å². The Balaban J connectivity index is 2.32. The predicted molar refractivity (Wildman–Crippen MR) is 74.0 cm³/mol. The molecule has 0 aromatic carbocycles. The number of aliphatic carboxylic acids is 1. The van der Waals surface area contributed by atoms with Crippen molar-refractivity contribution in [1.82, 2.24) is 14.5 Å².